The van der Waals surface area contributed by atoms with E-state index in [9.17, 15) is 17.9 Å². The molecule has 0 spiro atoms. The highest BCUT2D eigenvalue weighted by molar-refractivity contribution is 7.90. The number of anilines is 1. The van der Waals surface area contributed by atoms with Crippen LogP contribution in [0.3, 0.4) is 0 Å². The van der Waals surface area contributed by atoms with Crippen LogP contribution in [0.15, 0.2) is 41.3 Å². The van der Waals surface area contributed by atoms with E-state index in [4.69, 9.17) is 11.6 Å². The van der Waals surface area contributed by atoms with E-state index < -0.39 is 15.7 Å². The zero-order chi connectivity index (χ0) is 17.2. The highest BCUT2D eigenvalue weighted by Crippen LogP contribution is 2.29. The van der Waals surface area contributed by atoms with Gasteiger partial charge >= 0.3 is 0 Å². The third-order valence-electron chi connectivity index (χ3n) is 3.46. The summed E-state index contributed by atoms with van der Waals surface area (Å²) in [4.78, 5) is 0.0123. The Morgan fingerprint density at radius 3 is 2.57 bits per heavy atom. The first-order valence-corrected chi connectivity index (χ1v) is 9.14. The molecule has 0 bridgehead atoms. The molecule has 0 aliphatic rings. The molecule has 23 heavy (non-hydrogen) atoms. The molecule has 124 valence electrons. The molecule has 4 nitrogen and oxygen atoms in total. The SMILES string of the molecule is CC(Nc1cc(F)ccc1S(C)(=O)=O)c1cc(Cl)ccc1CO. The van der Waals surface area contributed by atoms with Gasteiger partial charge in [-0.2, -0.15) is 0 Å². The summed E-state index contributed by atoms with van der Waals surface area (Å²) in [5, 5.41) is 12.9. The van der Waals surface area contributed by atoms with E-state index >= 15 is 0 Å². The predicted octanol–water partition coefficient (Wildman–Crippen LogP) is 3.55. The topological polar surface area (TPSA) is 66.4 Å². The van der Waals surface area contributed by atoms with Crippen LogP contribution in [0.2, 0.25) is 5.02 Å². The van der Waals surface area contributed by atoms with Gasteiger partial charge < -0.3 is 10.4 Å². The first-order chi connectivity index (χ1) is 10.7. The van der Waals surface area contributed by atoms with Crippen molar-refractivity contribution >= 4 is 27.1 Å². The van der Waals surface area contributed by atoms with Crippen molar-refractivity contribution in [2.24, 2.45) is 0 Å². The van der Waals surface area contributed by atoms with Gasteiger partial charge in [0.15, 0.2) is 9.84 Å². The Morgan fingerprint density at radius 1 is 1.26 bits per heavy atom. The molecule has 0 aromatic heterocycles. The Hall–Kier alpha value is -1.63. The molecule has 7 heteroatoms. The van der Waals surface area contributed by atoms with Crippen LogP contribution in [0.4, 0.5) is 10.1 Å². The number of halogens is 2. The summed E-state index contributed by atoms with van der Waals surface area (Å²) >= 11 is 5.98. The quantitative estimate of drug-likeness (QED) is 0.803. The second kappa shape index (κ2) is 6.86. The number of aliphatic hydroxyl groups excluding tert-OH is 1. The molecule has 2 aromatic rings. The molecule has 2 rings (SSSR count). The van der Waals surface area contributed by atoms with Crippen molar-refractivity contribution in [3.63, 3.8) is 0 Å². The van der Waals surface area contributed by atoms with Gasteiger partial charge in [-0.05, 0) is 48.4 Å². The number of hydrogen-bond acceptors (Lipinski definition) is 4. The minimum atomic E-state index is -3.51. The molecule has 2 aromatic carbocycles. The molecule has 0 radical (unpaired) electrons. The molecule has 0 saturated carbocycles. The standard InChI is InChI=1S/C16H17ClFNO3S/c1-10(14-7-12(17)4-3-11(14)9-20)19-15-8-13(18)5-6-16(15)23(2,21)22/h3-8,10,19-20H,9H2,1-2H3. The largest absolute Gasteiger partial charge is 0.392 e. The van der Waals surface area contributed by atoms with Crippen molar-refractivity contribution in [3.8, 4) is 0 Å². The maximum atomic E-state index is 13.5. The van der Waals surface area contributed by atoms with Gasteiger partial charge in [0.1, 0.15) is 5.82 Å². The minimum Gasteiger partial charge on any atom is -0.392 e. The van der Waals surface area contributed by atoms with Crippen LogP contribution in [0.25, 0.3) is 0 Å². The lowest BCUT2D eigenvalue weighted by atomic mass is 10.0. The molecule has 0 aliphatic carbocycles. The van der Waals surface area contributed by atoms with Crippen LogP contribution in [-0.4, -0.2) is 19.8 Å². The number of benzene rings is 2. The summed E-state index contributed by atoms with van der Waals surface area (Å²) in [5.41, 5.74) is 1.54. The Morgan fingerprint density at radius 2 is 1.96 bits per heavy atom. The van der Waals surface area contributed by atoms with Crippen LogP contribution in [0.1, 0.15) is 24.1 Å². The van der Waals surface area contributed by atoms with Gasteiger partial charge in [-0.15, -0.1) is 0 Å². The van der Waals surface area contributed by atoms with Crippen molar-refractivity contribution in [3.05, 3.63) is 58.4 Å². The van der Waals surface area contributed by atoms with Crippen LogP contribution >= 0.6 is 11.6 Å². The Balaban J connectivity index is 2.43. The van der Waals surface area contributed by atoms with Crippen molar-refractivity contribution in [2.75, 3.05) is 11.6 Å². The second-order valence-electron chi connectivity index (χ2n) is 5.28. The number of sulfone groups is 1. The van der Waals surface area contributed by atoms with E-state index in [2.05, 4.69) is 5.32 Å². The van der Waals surface area contributed by atoms with Crippen molar-refractivity contribution in [1.29, 1.82) is 0 Å². The molecule has 2 N–H and O–H groups in total. The van der Waals surface area contributed by atoms with Gasteiger partial charge in [-0.1, -0.05) is 17.7 Å². The lowest BCUT2D eigenvalue weighted by molar-refractivity contribution is 0.280. The van der Waals surface area contributed by atoms with E-state index in [0.29, 0.717) is 16.1 Å². The summed E-state index contributed by atoms with van der Waals surface area (Å²) in [6.45, 7) is 1.60. The average molecular weight is 358 g/mol. The molecule has 0 saturated heterocycles. The van der Waals surface area contributed by atoms with Crippen LogP contribution in [-0.2, 0) is 16.4 Å². The molecular weight excluding hydrogens is 341 g/mol. The first-order valence-electron chi connectivity index (χ1n) is 6.87. The average Bonchev–Trinajstić information content (AvgIpc) is 2.45. The van der Waals surface area contributed by atoms with Gasteiger partial charge in [0, 0.05) is 17.3 Å². The van der Waals surface area contributed by atoms with Crippen molar-refractivity contribution in [1.82, 2.24) is 0 Å². The summed E-state index contributed by atoms with van der Waals surface area (Å²) in [6, 6.07) is 8.13. The lowest BCUT2D eigenvalue weighted by Gasteiger charge is -2.20. The van der Waals surface area contributed by atoms with Crippen LogP contribution < -0.4 is 5.32 Å². The Kier molecular flexibility index (Phi) is 5.29. The third-order valence-corrected chi connectivity index (χ3v) is 4.85. The molecular formula is C16H17ClFNO3S. The summed E-state index contributed by atoms with van der Waals surface area (Å²) in [7, 11) is -3.51. The van der Waals surface area contributed by atoms with Gasteiger partial charge in [-0.25, -0.2) is 12.8 Å². The fraction of sp³-hybridized carbons (Fsp3) is 0.250. The number of nitrogens with one attached hydrogen (secondary N) is 1. The monoisotopic (exact) mass is 357 g/mol. The van der Waals surface area contributed by atoms with Gasteiger partial charge in [-0.3, -0.25) is 0 Å². The summed E-state index contributed by atoms with van der Waals surface area (Å²) in [6.07, 6.45) is 1.06. The van der Waals surface area contributed by atoms with E-state index in [1.54, 1.807) is 25.1 Å². The summed E-state index contributed by atoms with van der Waals surface area (Å²) in [5.74, 6) is -0.541. The molecule has 0 fully saturated rings. The molecule has 0 heterocycles. The highest BCUT2D eigenvalue weighted by atomic mass is 35.5. The minimum absolute atomic E-state index is 0.0123. The smallest absolute Gasteiger partial charge is 0.177 e. The number of hydrogen-bond donors (Lipinski definition) is 2. The predicted molar refractivity (Wildman–Crippen MR) is 88.9 cm³/mol. The zero-order valence-electron chi connectivity index (χ0n) is 12.7. The van der Waals surface area contributed by atoms with Gasteiger partial charge in [0.25, 0.3) is 0 Å². The summed E-state index contributed by atoms with van der Waals surface area (Å²) < 4.78 is 37.2. The normalized spacial score (nSPS) is 12.9. The maximum absolute atomic E-state index is 13.5. The maximum Gasteiger partial charge on any atom is 0.177 e. The van der Waals surface area contributed by atoms with Crippen LogP contribution in [0.5, 0.6) is 0 Å². The molecule has 0 amide bonds. The van der Waals surface area contributed by atoms with Gasteiger partial charge in [0.2, 0.25) is 0 Å². The Bertz CT molecular complexity index is 824. The number of aliphatic hydroxyl groups is 1. The van der Waals surface area contributed by atoms with E-state index in [-0.39, 0.29) is 23.2 Å². The molecule has 1 atom stereocenters. The van der Waals surface area contributed by atoms with Crippen LogP contribution in [0, 0.1) is 5.82 Å². The fourth-order valence-electron chi connectivity index (χ4n) is 2.36. The lowest BCUT2D eigenvalue weighted by Crippen LogP contribution is -2.12. The fourth-order valence-corrected chi connectivity index (χ4v) is 3.38. The molecule has 1 unspecified atom stereocenters. The van der Waals surface area contributed by atoms with E-state index in [0.717, 1.165) is 18.4 Å². The third kappa shape index (κ3) is 4.22. The zero-order valence-corrected chi connectivity index (χ0v) is 14.2. The van der Waals surface area contributed by atoms with Crippen molar-refractivity contribution < 1.29 is 17.9 Å². The van der Waals surface area contributed by atoms with Crippen molar-refractivity contribution in [2.45, 2.75) is 24.5 Å². The van der Waals surface area contributed by atoms with E-state index in [1.807, 2.05) is 0 Å². The first kappa shape index (κ1) is 17.7. The van der Waals surface area contributed by atoms with E-state index in [1.165, 1.54) is 6.07 Å². The van der Waals surface area contributed by atoms with Gasteiger partial charge in [0.05, 0.1) is 17.2 Å². The number of rotatable bonds is 5. The highest BCUT2D eigenvalue weighted by Gasteiger charge is 2.18. The Labute approximate surface area is 139 Å². The second-order valence-corrected chi connectivity index (χ2v) is 7.70. The molecule has 0 aliphatic heterocycles.